The van der Waals surface area contributed by atoms with E-state index in [2.05, 4.69) is 18.3 Å². The summed E-state index contributed by atoms with van der Waals surface area (Å²) in [6.45, 7) is 20.8. The van der Waals surface area contributed by atoms with Crippen LogP contribution in [0.4, 0.5) is 35.9 Å². The van der Waals surface area contributed by atoms with Crippen LogP contribution in [0.2, 0.25) is 0 Å². The second kappa shape index (κ2) is 53.3. The maximum Gasteiger partial charge on any atom is 0.513 e. The summed E-state index contributed by atoms with van der Waals surface area (Å²) in [5.74, 6) is -6.91. The van der Waals surface area contributed by atoms with Gasteiger partial charge in [-0.3, -0.25) is 9.00 Å². The number of hydrogen-bond donors (Lipinski definition) is 0. The lowest BCUT2D eigenvalue weighted by atomic mass is 10.3. The van der Waals surface area contributed by atoms with Crippen molar-refractivity contribution in [2.45, 2.75) is 131 Å². The topological polar surface area (TPSA) is 383 Å². The Morgan fingerprint density at radius 2 is 0.842 bits per heavy atom. The number of sulfone groups is 2. The number of rotatable bonds is 17. The maximum atomic E-state index is 11.9. The summed E-state index contributed by atoms with van der Waals surface area (Å²) in [4.78, 5) is 49.3. The van der Waals surface area contributed by atoms with Crippen molar-refractivity contribution in [3.8, 4) is 23.0 Å². The molecule has 0 aromatic carbocycles. The van der Waals surface area contributed by atoms with Gasteiger partial charge in [0.15, 0.2) is 31.8 Å². The van der Waals surface area contributed by atoms with Crippen molar-refractivity contribution in [3.05, 3.63) is 195 Å². The summed E-state index contributed by atoms with van der Waals surface area (Å²) in [7, 11) is -6.24. The van der Waals surface area contributed by atoms with Crippen molar-refractivity contribution in [2.24, 2.45) is 0 Å². The highest BCUT2D eigenvalue weighted by Crippen LogP contribution is 2.31. The van der Waals surface area contributed by atoms with Gasteiger partial charge in [0.1, 0.15) is 17.2 Å². The molecule has 11 aromatic heterocycles. The number of methoxy groups -OCH3 is 2. The summed E-state index contributed by atoms with van der Waals surface area (Å²) in [6, 6.07) is 18.2. The zero-order valence-electron chi connectivity index (χ0n) is 68.6. The van der Waals surface area contributed by atoms with Crippen molar-refractivity contribution in [1.29, 1.82) is 0 Å². The monoisotopic (exact) mass is 1920 g/mol. The molecule has 0 aliphatic rings. The van der Waals surface area contributed by atoms with E-state index in [1.807, 2.05) is 63.1 Å². The number of halogens is 6. The number of thioether (sulfide) groups is 1. The van der Waals surface area contributed by atoms with E-state index >= 15 is 0 Å². The molecule has 0 radical (unpaired) electrons. The summed E-state index contributed by atoms with van der Waals surface area (Å²) in [6.07, 6.45) is 9.70. The lowest BCUT2D eigenvalue weighted by Gasteiger charge is -2.11. The number of esters is 2. The van der Waals surface area contributed by atoms with E-state index in [1.165, 1.54) is 121 Å². The van der Waals surface area contributed by atoms with Crippen LogP contribution < -0.4 is 18.4 Å². The highest BCUT2D eigenvalue weighted by atomic mass is 32.2. The molecule has 668 valence electrons. The first-order chi connectivity index (χ1) is 55.7. The molecule has 11 aromatic rings. The van der Waals surface area contributed by atoms with Crippen molar-refractivity contribution < 1.29 is 142 Å². The van der Waals surface area contributed by atoms with E-state index in [0.717, 1.165) is 56.6 Å². The Hall–Kier alpha value is -8.59. The molecule has 0 fully saturated rings. The Balaban J connectivity index is 0.000000661. The Kier molecular flexibility index (Phi) is 48.6. The lowest BCUT2D eigenvalue weighted by molar-refractivity contribution is -0.131. The number of ether oxygens (including phenoxy) is 5. The van der Waals surface area contributed by atoms with E-state index < -0.39 is 90.1 Å². The standard InChI is InChI=1S/C8H11NO2S.C7H11NO3S2.C7H11NO3S.C7H8O3S.2C7H8O2S.C6H6F2O3S.C6H6F2O2S.C6H6F2OS.C6H8O3S.C6H8O2S/c1-6-7(4-5-12-6)11-8(10)9(2)3;1-6-7(4-5-12-6)11-13(9,10)8(2)3;1-6-4-5-11-7(6)12(9,10)8(2)3;1-5-6(3-4-11-5)10-7(8)9-2;1-5-6(3-4-10-5)7(8)9-2;1-5-7(3-4-10-5)9-6(2)8;1-4-2-3-11-5(4)12(9,10)6(7)8;1-4-2-3-10-5(4)11(9)6(7)8;1-4-2-3-9-5(4)10-6(7)8;1-5-3-4-9-6(5)10(2,7)8;1-5-3-4-8-6(5)9(2)7/h4-5H,1-3H3;4-5H,1-3H3;4-5H,1-3H3;3-4H,1-2H3;2*3-4H,1-2H3;2-3,6H,1H3;2-3,6H,1H3;2-3,6H,1H3;3-4H,1-2H3;3-4H,1-2H3. The fraction of sp³-hybridized carbons (Fsp3) is 0.342. The van der Waals surface area contributed by atoms with Crippen molar-refractivity contribution in [3.63, 3.8) is 0 Å². The van der Waals surface area contributed by atoms with Gasteiger partial charge in [-0.1, -0.05) is 0 Å². The second-order valence-electron chi connectivity index (χ2n) is 23.6. The normalized spacial score (nSPS) is 11.3. The molecule has 0 N–H and O–H groups in total. The van der Waals surface area contributed by atoms with Crippen LogP contribution in [0.3, 0.4) is 0 Å². The predicted molar refractivity (Wildman–Crippen MR) is 448 cm³/mol. The van der Waals surface area contributed by atoms with Gasteiger partial charge in [-0.15, -0.1) is 56.7 Å². The van der Waals surface area contributed by atoms with Crippen LogP contribution in [0.15, 0.2) is 188 Å². The summed E-state index contributed by atoms with van der Waals surface area (Å²) >= 11 is 8.08. The van der Waals surface area contributed by atoms with E-state index in [1.54, 1.807) is 148 Å². The molecule has 11 heterocycles. The number of furan rings is 6. The SMILES string of the molecule is CC(=O)Oc1ccsc1C.COC(=O)Oc1ccsc1C.COC(=O)c1ccsc1C.Cc1ccoc1S(=O)(=O)C(F)F.Cc1ccoc1S(=O)(=O)N(C)C.Cc1ccoc1S(=O)C(F)F.Cc1ccoc1S(C)(=O)=O.Cc1ccoc1S(C)=O.Cc1ccoc1SC(F)F.Cc1sccc1OC(=O)N(C)C.Cc1sccc1OS(=O)(=O)N(C)C. The van der Waals surface area contributed by atoms with E-state index in [4.69, 9.17) is 36.1 Å². The number of thiophene rings is 5. The molecule has 47 heteroatoms. The van der Waals surface area contributed by atoms with Gasteiger partial charge in [0.2, 0.25) is 25.1 Å². The maximum absolute atomic E-state index is 11.9. The molecule has 2 atom stereocenters. The third-order valence-corrected chi connectivity index (χ3v) is 26.2. The minimum atomic E-state index is -4.56. The van der Waals surface area contributed by atoms with E-state index in [0.29, 0.717) is 67.2 Å². The molecule has 1 amide bonds. The van der Waals surface area contributed by atoms with Gasteiger partial charge in [-0.25, -0.2) is 48.2 Å². The summed E-state index contributed by atoms with van der Waals surface area (Å²) in [5.41, 5.74) is 4.35. The van der Waals surface area contributed by atoms with Crippen LogP contribution >= 0.6 is 68.4 Å². The lowest BCUT2D eigenvalue weighted by Crippen LogP contribution is -2.27. The minimum Gasteiger partial charge on any atom is -0.465 e. The fourth-order valence-corrected chi connectivity index (χ4v) is 15.8. The summed E-state index contributed by atoms with van der Waals surface area (Å²) < 4.78 is 240. The highest BCUT2D eigenvalue weighted by Gasteiger charge is 2.31. The number of carbonyl (C=O) groups is 4. The average molecular weight is 1930 g/mol. The smallest absolute Gasteiger partial charge is 0.465 e. The Bertz CT molecular complexity index is 5370. The van der Waals surface area contributed by atoms with Crippen LogP contribution in [-0.4, -0.2) is 166 Å². The zero-order valence-corrected chi connectivity index (χ0v) is 78.4. The molecular weight excluding hydrogens is 1830 g/mol. The first-order valence-electron chi connectivity index (χ1n) is 33.3. The van der Waals surface area contributed by atoms with Crippen LogP contribution in [0.5, 0.6) is 23.0 Å². The molecule has 0 spiro atoms. The number of amides is 1. The van der Waals surface area contributed by atoms with Gasteiger partial charge in [-0.2, -0.15) is 39.1 Å². The fourth-order valence-electron chi connectivity index (χ4n) is 7.38. The number of hydrogen-bond acceptors (Lipinski definition) is 32. The van der Waals surface area contributed by atoms with E-state index in [-0.39, 0.29) is 38.9 Å². The number of aryl methyl sites for hydroxylation is 11. The van der Waals surface area contributed by atoms with Crippen LogP contribution in [0, 0.1) is 76.2 Å². The molecule has 0 aliphatic carbocycles. The largest absolute Gasteiger partial charge is 0.513 e. The molecule has 0 aliphatic heterocycles. The quantitative estimate of drug-likeness (QED) is 0.0464. The number of sulfonamides is 1. The van der Waals surface area contributed by atoms with E-state index in [9.17, 15) is 87.6 Å². The molecule has 29 nitrogen and oxygen atoms in total. The molecule has 0 saturated carbocycles. The number of carbonyl (C=O) groups excluding carboxylic acids is 4. The van der Waals surface area contributed by atoms with Gasteiger partial charge >= 0.3 is 46.0 Å². The molecule has 120 heavy (non-hydrogen) atoms. The number of alkyl halides is 6. The Morgan fingerprint density at radius 1 is 0.458 bits per heavy atom. The van der Waals surface area contributed by atoms with Gasteiger partial charge in [-0.05, 0) is 182 Å². The average Bonchev–Trinajstić information content (AvgIpc) is 1.63. The Morgan fingerprint density at radius 3 is 1.13 bits per heavy atom. The zero-order chi connectivity index (χ0) is 91.9. The molecule has 11 rings (SSSR count). The highest BCUT2D eigenvalue weighted by molar-refractivity contribution is 7.99. The molecule has 0 saturated heterocycles. The van der Waals surface area contributed by atoms with Gasteiger partial charge in [0.25, 0.3) is 25.6 Å². The predicted octanol–water partition coefficient (Wildman–Crippen LogP) is 18.9. The first-order valence-corrected chi connectivity index (χ1v) is 47.6. The van der Waals surface area contributed by atoms with Crippen molar-refractivity contribution in [2.75, 3.05) is 69.0 Å². The second-order valence-corrected chi connectivity index (χ2v) is 40.3. The van der Waals surface area contributed by atoms with Crippen molar-refractivity contribution in [1.82, 2.24) is 13.5 Å². The molecule has 0 bridgehead atoms. The van der Waals surface area contributed by atoms with Gasteiger partial charge < -0.3 is 59.3 Å². The van der Waals surface area contributed by atoms with Crippen molar-refractivity contribution >= 4 is 154 Å². The molecular formula is C73H91F6N3O26S12. The van der Waals surface area contributed by atoms with Crippen LogP contribution in [-0.2, 0) is 75.9 Å². The van der Waals surface area contributed by atoms with Gasteiger partial charge in [0.05, 0.1) is 68.2 Å². The number of nitrogens with zero attached hydrogens (tertiary/aromatic N) is 3. The third kappa shape index (κ3) is 38.6. The summed E-state index contributed by atoms with van der Waals surface area (Å²) in [5, 5.41) is 9.48. The third-order valence-electron chi connectivity index (χ3n) is 13.6. The van der Waals surface area contributed by atoms with Gasteiger partial charge in [0, 0.05) is 119 Å². The minimum absolute atomic E-state index is 0.0208. The molecule has 2 unspecified atom stereocenters. The van der Waals surface area contributed by atoms with Crippen LogP contribution in [0.25, 0.3) is 0 Å². The Labute approximate surface area is 721 Å². The van der Waals surface area contributed by atoms with Crippen LogP contribution in [0.1, 0.15) is 75.0 Å². The first kappa shape index (κ1) is 109.